The van der Waals surface area contributed by atoms with Crippen molar-refractivity contribution in [1.82, 2.24) is 0 Å². The van der Waals surface area contributed by atoms with E-state index in [-0.39, 0.29) is 5.75 Å². The Bertz CT molecular complexity index is 351. The first-order chi connectivity index (χ1) is 6.25. The maximum atomic E-state index is 10.4. The summed E-state index contributed by atoms with van der Waals surface area (Å²) < 4.78 is 20.9. The molecule has 1 unspecified atom stereocenters. The summed E-state index contributed by atoms with van der Waals surface area (Å²) in [6, 6.07) is 5.79. The van der Waals surface area contributed by atoms with Gasteiger partial charge < -0.3 is 9.87 Å². The molecule has 0 amide bonds. The van der Waals surface area contributed by atoms with Crippen LogP contribution in [0.25, 0.3) is 0 Å². The minimum Gasteiger partial charge on any atom is -0.772 e. The van der Waals surface area contributed by atoms with E-state index in [2.05, 4.69) is 5.32 Å². The van der Waals surface area contributed by atoms with Crippen LogP contribution in [0.2, 0.25) is 0 Å². The molecule has 70 valence electrons. The van der Waals surface area contributed by atoms with Gasteiger partial charge in [-0.15, -0.1) is 0 Å². The second-order valence-corrected chi connectivity index (χ2v) is 4.01. The monoisotopic (exact) mass is 196 g/mol. The Morgan fingerprint density at radius 2 is 2.38 bits per heavy atom. The zero-order valence-electron chi connectivity index (χ0n) is 7.08. The van der Waals surface area contributed by atoms with Gasteiger partial charge in [0.15, 0.2) is 0 Å². The molecule has 0 saturated carbocycles. The van der Waals surface area contributed by atoms with Gasteiger partial charge in [0.25, 0.3) is 0 Å². The lowest BCUT2D eigenvalue weighted by Crippen LogP contribution is -1.95. The van der Waals surface area contributed by atoms with Crippen molar-refractivity contribution in [3.63, 3.8) is 0 Å². The Balaban J connectivity index is 2.25. The van der Waals surface area contributed by atoms with Crippen molar-refractivity contribution in [3.8, 4) is 0 Å². The number of hydrogen-bond acceptors (Lipinski definition) is 3. The van der Waals surface area contributed by atoms with Crippen molar-refractivity contribution in [2.45, 2.75) is 12.2 Å². The predicted molar refractivity (Wildman–Crippen MR) is 51.3 cm³/mol. The summed E-state index contributed by atoms with van der Waals surface area (Å²) >= 11 is -1.99. The molecule has 1 aliphatic rings. The van der Waals surface area contributed by atoms with E-state index in [4.69, 9.17) is 0 Å². The lowest BCUT2D eigenvalue weighted by molar-refractivity contribution is 0.536. The highest BCUT2D eigenvalue weighted by molar-refractivity contribution is 7.78. The van der Waals surface area contributed by atoms with Crippen molar-refractivity contribution in [3.05, 3.63) is 29.3 Å². The summed E-state index contributed by atoms with van der Waals surface area (Å²) in [5.41, 5.74) is 3.21. The number of fused-ring (bicyclic) bond motifs is 1. The van der Waals surface area contributed by atoms with Crippen LogP contribution in [0.15, 0.2) is 18.2 Å². The fourth-order valence-electron chi connectivity index (χ4n) is 1.56. The van der Waals surface area contributed by atoms with E-state index in [1.807, 2.05) is 18.2 Å². The quantitative estimate of drug-likeness (QED) is 0.719. The summed E-state index contributed by atoms with van der Waals surface area (Å²) in [7, 11) is 0. The Morgan fingerprint density at radius 3 is 3.15 bits per heavy atom. The second kappa shape index (κ2) is 3.47. The van der Waals surface area contributed by atoms with Gasteiger partial charge in [0.2, 0.25) is 0 Å². The topological polar surface area (TPSA) is 52.2 Å². The van der Waals surface area contributed by atoms with Gasteiger partial charge in [-0.05, 0) is 23.6 Å². The van der Waals surface area contributed by atoms with Crippen molar-refractivity contribution >= 4 is 16.8 Å². The zero-order valence-corrected chi connectivity index (χ0v) is 7.89. The molecule has 0 aliphatic carbocycles. The molecule has 13 heavy (non-hydrogen) atoms. The van der Waals surface area contributed by atoms with E-state index >= 15 is 0 Å². The minimum atomic E-state index is -1.99. The van der Waals surface area contributed by atoms with Crippen LogP contribution in [0.4, 0.5) is 5.69 Å². The molecule has 1 aliphatic heterocycles. The van der Waals surface area contributed by atoms with Gasteiger partial charge in [0.1, 0.15) is 0 Å². The first kappa shape index (κ1) is 8.72. The molecule has 1 atom stereocenters. The molecule has 1 N–H and O–H groups in total. The van der Waals surface area contributed by atoms with Gasteiger partial charge in [0.05, 0.1) is 0 Å². The molecular weight excluding hydrogens is 186 g/mol. The van der Waals surface area contributed by atoms with E-state index in [9.17, 15) is 8.76 Å². The van der Waals surface area contributed by atoms with E-state index in [0.29, 0.717) is 0 Å². The van der Waals surface area contributed by atoms with Gasteiger partial charge in [-0.25, -0.2) is 0 Å². The Labute approximate surface area is 79.4 Å². The molecule has 3 nitrogen and oxygen atoms in total. The van der Waals surface area contributed by atoms with Crippen LogP contribution in [0.1, 0.15) is 11.1 Å². The van der Waals surface area contributed by atoms with Crippen LogP contribution >= 0.6 is 0 Å². The minimum absolute atomic E-state index is 0.106. The van der Waals surface area contributed by atoms with Crippen molar-refractivity contribution in [1.29, 1.82) is 0 Å². The average molecular weight is 196 g/mol. The third kappa shape index (κ3) is 1.89. The highest BCUT2D eigenvalue weighted by atomic mass is 32.2. The third-order valence-corrected chi connectivity index (χ3v) is 2.74. The second-order valence-electron chi connectivity index (χ2n) is 3.12. The summed E-state index contributed by atoms with van der Waals surface area (Å²) in [6.45, 7) is 0.958. The van der Waals surface area contributed by atoms with Gasteiger partial charge in [-0.1, -0.05) is 23.2 Å². The summed E-state index contributed by atoms with van der Waals surface area (Å²) in [4.78, 5) is 0. The molecule has 1 heterocycles. The summed E-state index contributed by atoms with van der Waals surface area (Å²) in [6.07, 6.45) is 1.04. The molecule has 2 rings (SSSR count). The van der Waals surface area contributed by atoms with Crippen molar-refractivity contribution < 1.29 is 8.76 Å². The fourth-order valence-corrected chi connectivity index (χ4v) is 2.02. The molecule has 0 radical (unpaired) electrons. The molecule has 4 heteroatoms. The molecule has 1 aromatic rings. The fraction of sp³-hybridized carbons (Fsp3) is 0.333. The van der Waals surface area contributed by atoms with E-state index < -0.39 is 11.1 Å². The Morgan fingerprint density at radius 1 is 1.54 bits per heavy atom. The largest absolute Gasteiger partial charge is 0.772 e. The van der Waals surface area contributed by atoms with E-state index in [1.165, 1.54) is 5.56 Å². The van der Waals surface area contributed by atoms with Crippen molar-refractivity contribution in [2.24, 2.45) is 0 Å². The van der Waals surface area contributed by atoms with Crippen LogP contribution in [0, 0.1) is 0 Å². The van der Waals surface area contributed by atoms with E-state index in [0.717, 1.165) is 24.2 Å². The maximum Gasteiger partial charge on any atom is 0.0376 e. The first-order valence-corrected chi connectivity index (χ1v) is 5.41. The van der Waals surface area contributed by atoms with Gasteiger partial charge >= 0.3 is 0 Å². The Kier molecular flexibility index (Phi) is 2.33. The standard InChI is InChI=1S/C9H11NO2S/c11-13(12)6-7-1-2-8-3-4-10-9(8)5-7/h1-2,5,10H,3-4,6H2,(H,11,12)/p-1. The molecule has 1 aromatic carbocycles. The smallest absolute Gasteiger partial charge is 0.0376 e. The van der Waals surface area contributed by atoms with Crippen molar-refractivity contribution in [2.75, 3.05) is 11.9 Å². The predicted octanol–water partition coefficient (Wildman–Crippen LogP) is 1.03. The molecular formula is C9H10NO2S-. The van der Waals surface area contributed by atoms with E-state index in [1.54, 1.807) is 0 Å². The normalized spacial score (nSPS) is 16.4. The molecule has 0 saturated heterocycles. The molecule has 0 spiro atoms. The first-order valence-electron chi connectivity index (χ1n) is 4.17. The number of anilines is 1. The van der Waals surface area contributed by atoms with Gasteiger partial charge in [0, 0.05) is 18.0 Å². The SMILES string of the molecule is O=S([O-])Cc1ccc2c(c1)NCC2. The number of rotatable bonds is 2. The molecule has 0 bridgehead atoms. The van der Waals surface area contributed by atoms with Crippen LogP contribution in [0.5, 0.6) is 0 Å². The van der Waals surface area contributed by atoms with Crippen LogP contribution in [0.3, 0.4) is 0 Å². The number of hydrogen-bond donors (Lipinski definition) is 1. The summed E-state index contributed by atoms with van der Waals surface area (Å²) in [5, 5.41) is 3.21. The van der Waals surface area contributed by atoms with Gasteiger partial charge in [-0.2, -0.15) is 0 Å². The number of benzene rings is 1. The number of nitrogens with one attached hydrogen (secondary N) is 1. The van der Waals surface area contributed by atoms with Crippen LogP contribution in [-0.4, -0.2) is 15.3 Å². The average Bonchev–Trinajstić information content (AvgIpc) is 2.49. The third-order valence-electron chi connectivity index (χ3n) is 2.17. The van der Waals surface area contributed by atoms with Gasteiger partial charge in [-0.3, -0.25) is 4.21 Å². The highest BCUT2D eigenvalue weighted by Crippen LogP contribution is 2.23. The van der Waals surface area contributed by atoms with Crippen LogP contribution < -0.4 is 5.32 Å². The van der Waals surface area contributed by atoms with Crippen LogP contribution in [-0.2, 0) is 23.3 Å². The molecule has 0 fully saturated rings. The highest BCUT2D eigenvalue weighted by Gasteiger charge is 2.09. The lowest BCUT2D eigenvalue weighted by Gasteiger charge is -2.06. The maximum absolute atomic E-state index is 10.4. The molecule has 0 aromatic heterocycles. The Hall–Kier alpha value is -0.870. The summed E-state index contributed by atoms with van der Waals surface area (Å²) in [5.74, 6) is 0.106. The zero-order chi connectivity index (χ0) is 9.26. The lowest BCUT2D eigenvalue weighted by atomic mass is 10.1.